The molecule has 12 nitrogen and oxygen atoms in total. The zero-order chi connectivity index (χ0) is 84.2. The quantitative estimate of drug-likeness (QED) is 0.0468. The zero-order valence-corrected chi connectivity index (χ0v) is 76.4. The monoisotopic (exact) mass is 1630 g/mol. The van der Waals surface area contributed by atoms with E-state index in [2.05, 4.69) is 158 Å². The van der Waals surface area contributed by atoms with Gasteiger partial charge in [-0.05, 0) is 200 Å². The summed E-state index contributed by atoms with van der Waals surface area (Å²) in [7, 11) is 7.69. The molecule has 0 aromatic heterocycles. The second-order valence-electron chi connectivity index (χ2n) is 33.6. The third-order valence-corrected chi connectivity index (χ3v) is 21.9. The predicted octanol–water partition coefficient (Wildman–Crippen LogP) is 30.7. The molecular weight excluding hydrogens is 1450 g/mol. The summed E-state index contributed by atoms with van der Waals surface area (Å²) in [5.41, 5.74) is 1.93. The summed E-state index contributed by atoms with van der Waals surface area (Å²) in [6.45, 7) is 17.2. The molecule has 2 aliphatic rings. The normalized spacial score (nSPS) is 18.2. The lowest BCUT2D eigenvalue weighted by atomic mass is 9.99. The van der Waals surface area contributed by atoms with Crippen molar-refractivity contribution < 1.29 is 42.8 Å². The Morgan fingerprint density at radius 1 is 0.333 bits per heavy atom. The Bertz CT molecular complexity index is 2740. The van der Waals surface area contributed by atoms with Crippen LogP contribution >= 0.6 is 0 Å². The molecule has 0 spiro atoms. The summed E-state index contributed by atoms with van der Waals surface area (Å²) in [6, 6.07) is 19.3. The van der Waals surface area contributed by atoms with Gasteiger partial charge in [-0.15, -0.1) is 0 Å². The second kappa shape index (κ2) is 77.7. The molecule has 117 heavy (non-hydrogen) atoms. The van der Waals surface area contributed by atoms with E-state index in [-0.39, 0.29) is 56.9 Å². The summed E-state index contributed by atoms with van der Waals surface area (Å²) < 4.78 is 37.3. The van der Waals surface area contributed by atoms with E-state index in [4.69, 9.17) is 28.4 Å². The number of hydrogen-bond acceptors (Lipinski definition) is 10. The molecule has 4 atom stereocenters. The standard InChI is InChI=1S/C49H81NO4.C42H77NO2.C13H17NO3.CH4/c1-5-7-9-11-13-15-17-19-21-23-25-27-29-31-36-40-46-47(41-37-32-30-28-26-24-22-20-18-16-14-12-10-8-6-2)54-49(3,53-46)42-43-50(4)48(51)52-44-45-38-34-33-35-39-45;1-6-8-10-12-14-16-18-20-22-24-26-28-30-32-34-36-40-41(45-42(3,44-40)38-39-43(4)5)37-35-33-31-29-27-25-23-21-19-17-15-13-11-9-7-2;1-11(15)8-9-14(2)13(16)17-10-12-6-4-3-5-7-12;/h13-16,19-22,33-35,38-39,46-47H,5-12,17-18,23-32,36-37,40-44H2,1-4H3;14-17,20-23,40-41H,6-13,18-19,24-39H2,1-5H3;3-7H,8-10H2,1-2H3;1H4/b15-13-,16-14-,21-19-,22-20-;16-14-,17-15-,22-20-,23-21-;;. The average Bonchev–Trinajstić information content (AvgIpc) is 1.68. The molecule has 2 aromatic rings. The lowest BCUT2D eigenvalue weighted by molar-refractivity contribution is -0.168. The van der Waals surface area contributed by atoms with Gasteiger partial charge in [0, 0.05) is 53.0 Å². The fourth-order valence-electron chi connectivity index (χ4n) is 14.4. The molecule has 2 aromatic carbocycles. The Kier molecular flexibility index (Phi) is 72.6. The number of rotatable bonds is 69. The number of nitrogens with zero attached hydrogens (tertiary/aromatic N) is 3. The molecule has 2 saturated heterocycles. The van der Waals surface area contributed by atoms with Crippen molar-refractivity contribution in [2.75, 3.05) is 47.8 Å². The molecule has 4 unspecified atom stereocenters. The van der Waals surface area contributed by atoms with Crippen molar-refractivity contribution in [3.05, 3.63) is 169 Å². The number of carbonyl (C=O) groups excluding carboxylic acids is 3. The molecule has 0 aliphatic carbocycles. The molecule has 0 bridgehead atoms. The summed E-state index contributed by atoms with van der Waals surface area (Å²) in [4.78, 5) is 40.3. The van der Waals surface area contributed by atoms with Crippen molar-refractivity contribution in [3.63, 3.8) is 0 Å². The summed E-state index contributed by atoms with van der Waals surface area (Å²) in [5, 5.41) is 0. The molecular formula is C105H179N3O9. The minimum Gasteiger partial charge on any atom is -0.445 e. The Morgan fingerprint density at radius 3 is 0.829 bits per heavy atom. The predicted molar refractivity (Wildman–Crippen MR) is 502 cm³/mol. The molecule has 12 heteroatoms. The van der Waals surface area contributed by atoms with E-state index in [1.165, 1.54) is 269 Å². The van der Waals surface area contributed by atoms with Crippen LogP contribution in [0.25, 0.3) is 0 Å². The van der Waals surface area contributed by atoms with E-state index in [0.717, 1.165) is 75.5 Å². The third kappa shape index (κ3) is 64.9. The first kappa shape index (κ1) is 109. The van der Waals surface area contributed by atoms with Crippen molar-refractivity contribution in [1.29, 1.82) is 0 Å². The second-order valence-corrected chi connectivity index (χ2v) is 33.6. The van der Waals surface area contributed by atoms with Gasteiger partial charge in [0.05, 0.1) is 24.4 Å². The highest BCUT2D eigenvalue weighted by atomic mass is 16.8. The van der Waals surface area contributed by atoms with E-state index in [9.17, 15) is 14.4 Å². The van der Waals surface area contributed by atoms with E-state index in [0.29, 0.717) is 25.9 Å². The number of benzene rings is 2. The Balaban J connectivity index is 0.000000976. The number of amides is 2. The van der Waals surface area contributed by atoms with E-state index in [1.807, 2.05) is 60.7 Å². The fraction of sp³-hybridized carbons (Fsp3) is 0.705. The van der Waals surface area contributed by atoms with Crippen LogP contribution in [0, 0.1) is 0 Å². The molecule has 0 radical (unpaired) electrons. The lowest BCUT2D eigenvalue weighted by Gasteiger charge is -2.26. The van der Waals surface area contributed by atoms with Crippen LogP contribution in [0.3, 0.4) is 0 Å². The van der Waals surface area contributed by atoms with Crippen LogP contribution in [-0.2, 0) is 46.4 Å². The maximum atomic E-state index is 12.7. The molecule has 668 valence electrons. The molecule has 4 rings (SSSR count). The van der Waals surface area contributed by atoms with Gasteiger partial charge in [-0.25, -0.2) is 9.59 Å². The summed E-state index contributed by atoms with van der Waals surface area (Å²) in [6.07, 6.45) is 99.5. The topological polar surface area (TPSA) is 116 Å². The maximum absolute atomic E-state index is 12.7. The molecule has 0 saturated carbocycles. The Labute approximate surface area is 720 Å². The molecule has 2 heterocycles. The smallest absolute Gasteiger partial charge is 0.409 e. The highest BCUT2D eigenvalue weighted by Crippen LogP contribution is 2.38. The van der Waals surface area contributed by atoms with Gasteiger partial charge in [0.15, 0.2) is 11.6 Å². The number of carbonyl (C=O) groups is 3. The molecule has 2 amide bonds. The molecule has 2 aliphatic heterocycles. The van der Waals surface area contributed by atoms with Crippen LogP contribution in [0.15, 0.2) is 158 Å². The van der Waals surface area contributed by atoms with Crippen molar-refractivity contribution in [1.82, 2.24) is 14.7 Å². The van der Waals surface area contributed by atoms with Gasteiger partial charge < -0.3 is 43.1 Å². The fourth-order valence-corrected chi connectivity index (χ4v) is 14.4. The lowest BCUT2D eigenvalue weighted by Crippen LogP contribution is -2.35. The van der Waals surface area contributed by atoms with Gasteiger partial charge >= 0.3 is 12.2 Å². The SMILES string of the molecule is C.CC(=O)CCN(C)C(=O)OCc1ccccc1.CCCCC/C=C\C/C=C\CCCCCCCC1OC(C)(CCN(C)C(=O)OCc2ccccc2)OC1CCCCCCC/C=C\C/C=C\CCCCC.CCCCC/C=C\C/C=C\CCCCCCCC1OC(C)(CCN(C)C)OC1CCCCCCC/C=C\C/C=C\CCCCC. The maximum Gasteiger partial charge on any atom is 0.409 e. The van der Waals surface area contributed by atoms with Crippen LogP contribution in [0.2, 0.25) is 0 Å². The van der Waals surface area contributed by atoms with Crippen LogP contribution in [0.1, 0.15) is 394 Å². The Hall–Kier alpha value is -5.63. The highest BCUT2D eigenvalue weighted by Gasteiger charge is 2.45. The summed E-state index contributed by atoms with van der Waals surface area (Å²) >= 11 is 0. The van der Waals surface area contributed by atoms with Gasteiger partial charge in [-0.3, -0.25) is 4.79 Å². The summed E-state index contributed by atoms with van der Waals surface area (Å²) in [5.74, 6) is -1.04. The van der Waals surface area contributed by atoms with E-state index in [1.54, 1.807) is 19.0 Å². The van der Waals surface area contributed by atoms with Crippen LogP contribution in [0.4, 0.5) is 9.59 Å². The molecule has 0 N–H and O–H groups in total. The van der Waals surface area contributed by atoms with E-state index >= 15 is 0 Å². The van der Waals surface area contributed by atoms with Crippen molar-refractivity contribution in [2.24, 2.45) is 0 Å². The van der Waals surface area contributed by atoms with Crippen molar-refractivity contribution in [2.45, 2.75) is 433 Å². The third-order valence-electron chi connectivity index (χ3n) is 21.9. The first-order valence-corrected chi connectivity index (χ1v) is 47.5. The van der Waals surface area contributed by atoms with Crippen LogP contribution in [-0.4, -0.2) is 116 Å². The van der Waals surface area contributed by atoms with E-state index < -0.39 is 17.7 Å². The van der Waals surface area contributed by atoms with Gasteiger partial charge in [0.25, 0.3) is 0 Å². The number of unbranched alkanes of at least 4 members (excludes halogenated alkanes) is 32. The largest absolute Gasteiger partial charge is 0.445 e. The van der Waals surface area contributed by atoms with Crippen LogP contribution in [0.5, 0.6) is 0 Å². The number of allylic oxidation sites excluding steroid dienone is 16. The van der Waals surface area contributed by atoms with Gasteiger partial charge in [0.1, 0.15) is 19.0 Å². The minimum absolute atomic E-state index is 0. The number of ether oxygens (including phenoxy) is 6. The number of Topliss-reactive ketones (excluding diaryl/α,β-unsaturated/α-hetero) is 1. The van der Waals surface area contributed by atoms with Crippen molar-refractivity contribution in [3.8, 4) is 0 Å². The van der Waals surface area contributed by atoms with Gasteiger partial charge in [-0.2, -0.15) is 0 Å². The average molecular weight is 1630 g/mol. The first-order chi connectivity index (χ1) is 56.6. The van der Waals surface area contributed by atoms with Crippen LogP contribution < -0.4 is 0 Å². The van der Waals surface area contributed by atoms with Crippen molar-refractivity contribution >= 4 is 18.0 Å². The minimum atomic E-state index is -0.683. The zero-order valence-electron chi connectivity index (χ0n) is 76.4. The number of hydrogen-bond donors (Lipinski definition) is 0. The van der Waals surface area contributed by atoms with Gasteiger partial charge in [-0.1, -0.05) is 347 Å². The first-order valence-electron chi connectivity index (χ1n) is 47.5. The van der Waals surface area contributed by atoms with Gasteiger partial charge in [0.2, 0.25) is 0 Å². The molecule has 2 fully saturated rings. The Morgan fingerprint density at radius 2 is 0.573 bits per heavy atom. The number of ketones is 1. The highest BCUT2D eigenvalue weighted by molar-refractivity contribution is 5.76.